The zero-order valence-electron chi connectivity index (χ0n) is 14.7. The number of carbonyl (C=O) groups is 1. The molecular weight excluding hydrogens is 342 g/mol. The molecule has 0 bridgehead atoms. The van der Waals surface area contributed by atoms with Crippen LogP contribution in [0.25, 0.3) is 17.0 Å². The zero-order valence-corrected chi connectivity index (χ0v) is 14.7. The van der Waals surface area contributed by atoms with Crippen LogP contribution in [0, 0.1) is 0 Å². The van der Waals surface area contributed by atoms with Crippen LogP contribution in [0.2, 0.25) is 0 Å². The van der Waals surface area contributed by atoms with Crippen LogP contribution in [0.1, 0.15) is 34.9 Å². The molecule has 1 aromatic carbocycles. The summed E-state index contributed by atoms with van der Waals surface area (Å²) in [7, 11) is 1.83. The highest BCUT2D eigenvalue weighted by Gasteiger charge is 2.27. The molecule has 1 aliphatic carbocycles. The Morgan fingerprint density at radius 1 is 1.19 bits per heavy atom. The van der Waals surface area contributed by atoms with Crippen LogP contribution < -0.4 is 5.32 Å². The predicted molar refractivity (Wildman–Crippen MR) is 99.4 cm³/mol. The van der Waals surface area contributed by atoms with Crippen molar-refractivity contribution in [3.63, 3.8) is 0 Å². The maximum absolute atomic E-state index is 13.0. The summed E-state index contributed by atoms with van der Waals surface area (Å²) in [6, 6.07) is 13.4. The molecule has 1 amide bonds. The van der Waals surface area contributed by atoms with Gasteiger partial charge in [0.1, 0.15) is 17.8 Å². The number of nitrogens with one attached hydrogen (secondary N) is 1. The Morgan fingerprint density at radius 2 is 2.00 bits per heavy atom. The summed E-state index contributed by atoms with van der Waals surface area (Å²) in [6.45, 7) is 0. The number of carbonyl (C=O) groups excluding carboxylic acids is 1. The van der Waals surface area contributed by atoms with Crippen molar-refractivity contribution in [3.05, 3.63) is 60.2 Å². The molecule has 1 saturated carbocycles. The van der Waals surface area contributed by atoms with E-state index in [1.165, 1.54) is 10.8 Å². The van der Waals surface area contributed by atoms with Crippen LogP contribution in [0.15, 0.2) is 48.8 Å². The van der Waals surface area contributed by atoms with Gasteiger partial charge in [0, 0.05) is 24.6 Å². The Kier molecular flexibility index (Phi) is 3.49. The van der Waals surface area contributed by atoms with E-state index in [9.17, 15) is 4.79 Å². The van der Waals surface area contributed by atoms with Crippen molar-refractivity contribution >= 4 is 17.5 Å². The first-order valence-electron chi connectivity index (χ1n) is 8.80. The molecule has 0 atom stereocenters. The third-order valence-electron chi connectivity index (χ3n) is 4.69. The molecule has 8 heteroatoms. The molecule has 3 heterocycles. The molecule has 0 saturated heterocycles. The minimum atomic E-state index is -0.282. The van der Waals surface area contributed by atoms with Gasteiger partial charge in [0.2, 0.25) is 0 Å². The van der Waals surface area contributed by atoms with Crippen molar-refractivity contribution in [2.24, 2.45) is 7.05 Å². The van der Waals surface area contributed by atoms with Gasteiger partial charge in [-0.15, -0.1) is 0 Å². The third-order valence-corrected chi connectivity index (χ3v) is 4.69. The van der Waals surface area contributed by atoms with Gasteiger partial charge < -0.3 is 5.32 Å². The molecule has 5 rings (SSSR count). The number of anilines is 1. The van der Waals surface area contributed by atoms with E-state index in [2.05, 4.69) is 25.5 Å². The molecular formula is C19H17N7O. The Morgan fingerprint density at radius 3 is 2.78 bits per heavy atom. The van der Waals surface area contributed by atoms with Gasteiger partial charge in [0.05, 0.1) is 11.4 Å². The molecule has 134 valence electrons. The molecule has 0 spiro atoms. The van der Waals surface area contributed by atoms with Crippen LogP contribution in [-0.4, -0.2) is 35.3 Å². The van der Waals surface area contributed by atoms with E-state index in [1.807, 2.05) is 43.4 Å². The van der Waals surface area contributed by atoms with Crippen LogP contribution in [0.5, 0.6) is 0 Å². The van der Waals surface area contributed by atoms with E-state index in [4.69, 9.17) is 0 Å². The second kappa shape index (κ2) is 6.01. The Bertz CT molecular complexity index is 1140. The molecule has 27 heavy (non-hydrogen) atoms. The topological polar surface area (TPSA) is 90.0 Å². The van der Waals surface area contributed by atoms with E-state index in [1.54, 1.807) is 10.7 Å². The van der Waals surface area contributed by atoms with E-state index < -0.39 is 0 Å². The number of hydrogen-bond acceptors (Lipinski definition) is 5. The molecule has 0 unspecified atom stereocenters. The van der Waals surface area contributed by atoms with E-state index in [0.717, 1.165) is 24.1 Å². The van der Waals surface area contributed by atoms with E-state index in [-0.39, 0.29) is 5.91 Å². The number of benzene rings is 1. The van der Waals surface area contributed by atoms with Gasteiger partial charge in [-0.1, -0.05) is 30.3 Å². The van der Waals surface area contributed by atoms with Gasteiger partial charge in [-0.3, -0.25) is 9.48 Å². The average Bonchev–Trinajstić information content (AvgIpc) is 3.32. The molecule has 1 aliphatic rings. The number of fused-ring (bicyclic) bond motifs is 1. The van der Waals surface area contributed by atoms with Crippen molar-refractivity contribution in [3.8, 4) is 11.3 Å². The van der Waals surface area contributed by atoms with E-state index >= 15 is 0 Å². The van der Waals surface area contributed by atoms with Crippen LogP contribution in [0.3, 0.4) is 0 Å². The summed E-state index contributed by atoms with van der Waals surface area (Å²) < 4.78 is 3.14. The number of amides is 1. The second-order valence-electron chi connectivity index (χ2n) is 6.67. The van der Waals surface area contributed by atoms with Crippen molar-refractivity contribution in [2.45, 2.75) is 18.8 Å². The standard InChI is InChI=1S/C19H17N7O/c1-25-17(10-15(24-25)13-7-8-13)23-18(27)16-9-14(12-5-3-2-4-6-12)22-19-20-11-21-26(16)19/h2-6,9-11,13H,7-8H2,1H3,(H,23,27). The minimum absolute atomic E-state index is 0.282. The monoisotopic (exact) mass is 359 g/mol. The highest BCUT2D eigenvalue weighted by Crippen LogP contribution is 2.39. The number of rotatable bonds is 4. The maximum Gasteiger partial charge on any atom is 0.275 e. The van der Waals surface area contributed by atoms with Crippen LogP contribution in [-0.2, 0) is 7.05 Å². The SMILES string of the molecule is Cn1nc(C2CC2)cc1NC(=O)c1cc(-c2ccccc2)nc2ncnn12. The van der Waals surface area contributed by atoms with Crippen molar-refractivity contribution in [1.29, 1.82) is 0 Å². The lowest BCUT2D eigenvalue weighted by molar-refractivity contribution is 0.101. The second-order valence-corrected chi connectivity index (χ2v) is 6.67. The maximum atomic E-state index is 13.0. The molecule has 1 fully saturated rings. The number of hydrogen-bond donors (Lipinski definition) is 1. The van der Waals surface area contributed by atoms with Crippen molar-refractivity contribution in [1.82, 2.24) is 29.4 Å². The van der Waals surface area contributed by atoms with Gasteiger partial charge in [0.25, 0.3) is 11.7 Å². The first-order valence-corrected chi connectivity index (χ1v) is 8.80. The van der Waals surface area contributed by atoms with Gasteiger partial charge in [-0.2, -0.15) is 19.7 Å². The first-order chi connectivity index (χ1) is 13.2. The Balaban J connectivity index is 1.53. The number of nitrogens with zero attached hydrogens (tertiary/aromatic N) is 6. The summed E-state index contributed by atoms with van der Waals surface area (Å²) >= 11 is 0. The van der Waals surface area contributed by atoms with Gasteiger partial charge in [0.15, 0.2) is 0 Å². The smallest absolute Gasteiger partial charge is 0.275 e. The van der Waals surface area contributed by atoms with Gasteiger partial charge >= 0.3 is 0 Å². The summed E-state index contributed by atoms with van der Waals surface area (Å²) in [6.07, 6.45) is 3.71. The molecule has 4 aromatic rings. The van der Waals surface area contributed by atoms with Crippen molar-refractivity contribution < 1.29 is 4.79 Å². The molecule has 8 nitrogen and oxygen atoms in total. The van der Waals surface area contributed by atoms with E-state index in [0.29, 0.717) is 28.9 Å². The molecule has 1 N–H and O–H groups in total. The van der Waals surface area contributed by atoms with Crippen LogP contribution in [0.4, 0.5) is 5.82 Å². The van der Waals surface area contributed by atoms with Crippen LogP contribution >= 0.6 is 0 Å². The van der Waals surface area contributed by atoms with Gasteiger partial charge in [-0.05, 0) is 18.9 Å². The first kappa shape index (κ1) is 15.7. The van der Waals surface area contributed by atoms with Gasteiger partial charge in [-0.25, -0.2) is 4.98 Å². The normalized spacial score (nSPS) is 13.8. The Hall–Kier alpha value is -3.55. The fourth-order valence-electron chi connectivity index (χ4n) is 3.10. The average molecular weight is 359 g/mol. The summed E-state index contributed by atoms with van der Waals surface area (Å²) in [5.74, 6) is 1.28. The number of aromatic nitrogens is 6. The summed E-state index contributed by atoms with van der Waals surface area (Å²) in [5, 5.41) is 11.6. The highest BCUT2D eigenvalue weighted by atomic mass is 16.2. The fourth-order valence-corrected chi connectivity index (χ4v) is 3.10. The van der Waals surface area contributed by atoms with Crippen molar-refractivity contribution in [2.75, 3.05) is 5.32 Å². The quantitative estimate of drug-likeness (QED) is 0.605. The predicted octanol–water partition coefficient (Wildman–Crippen LogP) is 2.65. The highest BCUT2D eigenvalue weighted by molar-refractivity contribution is 6.03. The molecule has 0 radical (unpaired) electrons. The molecule has 0 aliphatic heterocycles. The molecule has 3 aromatic heterocycles. The summed E-state index contributed by atoms with van der Waals surface area (Å²) in [4.78, 5) is 21.6. The minimum Gasteiger partial charge on any atom is -0.305 e. The lowest BCUT2D eigenvalue weighted by Crippen LogP contribution is -2.19. The summed E-state index contributed by atoms with van der Waals surface area (Å²) in [5.41, 5.74) is 2.97. The largest absolute Gasteiger partial charge is 0.305 e. The lowest BCUT2D eigenvalue weighted by atomic mass is 10.1. The zero-order chi connectivity index (χ0) is 18.4. The lowest BCUT2D eigenvalue weighted by Gasteiger charge is -2.08. The Labute approximate surface area is 154 Å². The number of aryl methyl sites for hydroxylation is 1. The third kappa shape index (κ3) is 2.84. The fraction of sp³-hybridized carbons (Fsp3) is 0.211.